The molecule has 4 rings (SSSR count). The first kappa shape index (κ1) is 23.7. The second kappa shape index (κ2) is 10.6. The summed E-state index contributed by atoms with van der Waals surface area (Å²) in [5.41, 5.74) is 4.01. The number of rotatable bonds is 7. The highest BCUT2D eigenvalue weighted by Gasteiger charge is 2.17. The number of hydrogen-bond acceptors (Lipinski definition) is 5. The van der Waals surface area contributed by atoms with Gasteiger partial charge in [0, 0.05) is 27.1 Å². The van der Waals surface area contributed by atoms with Crippen molar-refractivity contribution in [2.24, 2.45) is 0 Å². The SMILES string of the molecule is Cc1ccc(-c2csc(NC(=O)C(C)Sc3ccc(NC(=O)c4ccc(F)cc4)cc3)n2)cc1. The summed E-state index contributed by atoms with van der Waals surface area (Å²) < 4.78 is 13.0. The van der Waals surface area contributed by atoms with Gasteiger partial charge in [-0.15, -0.1) is 23.1 Å². The van der Waals surface area contributed by atoms with Gasteiger partial charge in [-0.25, -0.2) is 9.37 Å². The average Bonchev–Trinajstić information content (AvgIpc) is 3.29. The van der Waals surface area contributed by atoms with Crippen LogP contribution < -0.4 is 10.6 Å². The molecule has 0 saturated carbocycles. The molecule has 4 aromatic rings. The number of nitrogens with one attached hydrogen (secondary N) is 2. The van der Waals surface area contributed by atoms with E-state index in [0.717, 1.165) is 16.2 Å². The van der Waals surface area contributed by atoms with Crippen LogP contribution in [0.25, 0.3) is 11.3 Å². The molecular formula is C26H22FN3O2S2. The zero-order valence-corrected chi connectivity index (χ0v) is 20.2. The molecule has 1 aromatic heterocycles. The maximum atomic E-state index is 13.0. The van der Waals surface area contributed by atoms with Crippen LogP contribution in [0.1, 0.15) is 22.8 Å². The average molecular weight is 492 g/mol. The minimum Gasteiger partial charge on any atom is -0.322 e. The van der Waals surface area contributed by atoms with E-state index in [2.05, 4.69) is 15.6 Å². The van der Waals surface area contributed by atoms with Gasteiger partial charge in [0.15, 0.2) is 5.13 Å². The molecule has 0 bridgehead atoms. The Morgan fingerprint density at radius 2 is 1.62 bits per heavy atom. The number of benzene rings is 3. The van der Waals surface area contributed by atoms with Crippen LogP contribution in [-0.2, 0) is 4.79 Å². The van der Waals surface area contributed by atoms with E-state index in [0.29, 0.717) is 16.4 Å². The van der Waals surface area contributed by atoms with E-state index >= 15 is 0 Å². The molecule has 8 heteroatoms. The van der Waals surface area contributed by atoms with Crippen LogP contribution in [-0.4, -0.2) is 22.0 Å². The van der Waals surface area contributed by atoms with Gasteiger partial charge in [0.2, 0.25) is 5.91 Å². The summed E-state index contributed by atoms with van der Waals surface area (Å²) in [6.45, 7) is 3.87. The molecule has 0 fully saturated rings. The van der Waals surface area contributed by atoms with Gasteiger partial charge in [-0.1, -0.05) is 29.8 Å². The number of carbonyl (C=O) groups excluding carboxylic acids is 2. The van der Waals surface area contributed by atoms with Gasteiger partial charge in [-0.05, 0) is 62.4 Å². The van der Waals surface area contributed by atoms with E-state index in [4.69, 9.17) is 0 Å². The molecule has 3 aromatic carbocycles. The number of hydrogen-bond donors (Lipinski definition) is 2. The lowest BCUT2D eigenvalue weighted by Crippen LogP contribution is -2.22. The predicted octanol–water partition coefficient (Wildman–Crippen LogP) is 6.63. The van der Waals surface area contributed by atoms with Gasteiger partial charge in [-0.2, -0.15) is 0 Å². The Morgan fingerprint density at radius 1 is 0.941 bits per heavy atom. The maximum absolute atomic E-state index is 13.0. The molecule has 1 unspecified atom stereocenters. The highest BCUT2D eigenvalue weighted by atomic mass is 32.2. The van der Waals surface area contributed by atoms with Crippen molar-refractivity contribution in [1.82, 2.24) is 4.98 Å². The van der Waals surface area contributed by atoms with E-state index in [9.17, 15) is 14.0 Å². The largest absolute Gasteiger partial charge is 0.322 e. The molecule has 0 saturated heterocycles. The van der Waals surface area contributed by atoms with Gasteiger partial charge in [0.25, 0.3) is 5.91 Å². The molecule has 1 heterocycles. The zero-order valence-electron chi connectivity index (χ0n) is 18.5. The molecule has 172 valence electrons. The number of anilines is 2. The van der Waals surface area contributed by atoms with Gasteiger partial charge in [0.05, 0.1) is 10.9 Å². The van der Waals surface area contributed by atoms with E-state index in [-0.39, 0.29) is 17.1 Å². The topological polar surface area (TPSA) is 71.1 Å². The molecule has 2 N–H and O–H groups in total. The van der Waals surface area contributed by atoms with Gasteiger partial charge in [-0.3, -0.25) is 9.59 Å². The Bertz CT molecular complexity index is 1290. The minimum absolute atomic E-state index is 0.136. The molecule has 0 aliphatic rings. The fraction of sp³-hybridized carbons (Fsp3) is 0.115. The highest BCUT2D eigenvalue weighted by Crippen LogP contribution is 2.28. The second-order valence-electron chi connectivity index (χ2n) is 7.64. The highest BCUT2D eigenvalue weighted by molar-refractivity contribution is 8.00. The van der Waals surface area contributed by atoms with Crippen molar-refractivity contribution in [2.45, 2.75) is 24.0 Å². The minimum atomic E-state index is -0.391. The van der Waals surface area contributed by atoms with Crippen LogP contribution in [0.5, 0.6) is 0 Å². The van der Waals surface area contributed by atoms with Crippen LogP contribution in [0.2, 0.25) is 0 Å². The van der Waals surface area contributed by atoms with Crippen molar-refractivity contribution in [3.05, 3.63) is 95.1 Å². The van der Waals surface area contributed by atoms with Crippen molar-refractivity contribution in [1.29, 1.82) is 0 Å². The number of amides is 2. The van der Waals surface area contributed by atoms with Crippen LogP contribution in [0.15, 0.2) is 83.1 Å². The summed E-state index contributed by atoms with van der Waals surface area (Å²) in [7, 11) is 0. The predicted molar refractivity (Wildman–Crippen MR) is 137 cm³/mol. The van der Waals surface area contributed by atoms with Crippen molar-refractivity contribution >= 4 is 45.7 Å². The summed E-state index contributed by atoms with van der Waals surface area (Å²) in [5, 5.41) is 7.81. The van der Waals surface area contributed by atoms with E-state index in [1.54, 1.807) is 12.1 Å². The third kappa shape index (κ3) is 6.09. The Balaban J connectivity index is 1.31. The van der Waals surface area contributed by atoms with E-state index < -0.39 is 5.82 Å². The molecule has 0 radical (unpaired) electrons. The third-order valence-corrected chi connectivity index (χ3v) is 6.85. The van der Waals surface area contributed by atoms with Crippen LogP contribution in [0.3, 0.4) is 0 Å². The number of aromatic nitrogens is 1. The molecule has 0 aliphatic carbocycles. The Kier molecular flexibility index (Phi) is 7.40. The summed E-state index contributed by atoms with van der Waals surface area (Å²) in [6, 6.07) is 20.7. The molecule has 34 heavy (non-hydrogen) atoms. The van der Waals surface area contributed by atoms with Crippen molar-refractivity contribution in [3.8, 4) is 11.3 Å². The number of carbonyl (C=O) groups is 2. The molecular weight excluding hydrogens is 469 g/mol. The van der Waals surface area contributed by atoms with E-state index in [1.165, 1.54) is 52.9 Å². The van der Waals surface area contributed by atoms with Crippen LogP contribution in [0, 0.1) is 12.7 Å². The first-order valence-electron chi connectivity index (χ1n) is 10.5. The standard InChI is InChI=1S/C26H22FN3O2S2/c1-16-3-5-18(6-4-16)23-15-33-26(29-23)30-24(31)17(2)34-22-13-11-21(12-14-22)28-25(32)19-7-9-20(27)10-8-19/h3-15,17H,1-2H3,(H,28,32)(H,29,30,31). The smallest absolute Gasteiger partial charge is 0.255 e. The summed E-state index contributed by atoms with van der Waals surface area (Å²) >= 11 is 2.81. The van der Waals surface area contributed by atoms with E-state index in [1.807, 2.05) is 55.6 Å². The second-order valence-corrected chi connectivity index (χ2v) is 9.91. The number of halogens is 1. The summed E-state index contributed by atoms with van der Waals surface area (Å²) in [4.78, 5) is 30.3. The lowest BCUT2D eigenvalue weighted by Gasteiger charge is -2.11. The van der Waals surface area contributed by atoms with Crippen LogP contribution >= 0.6 is 23.1 Å². The van der Waals surface area contributed by atoms with Gasteiger partial charge >= 0.3 is 0 Å². The van der Waals surface area contributed by atoms with Crippen molar-refractivity contribution in [2.75, 3.05) is 10.6 Å². The summed E-state index contributed by atoms with van der Waals surface area (Å²) in [5.74, 6) is -0.845. The van der Waals surface area contributed by atoms with Gasteiger partial charge < -0.3 is 10.6 Å². The Labute approximate surface area is 205 Å². The normalized spacial score (nSPS) is 11.6. The number of nitrogens with zero attached hydrogens (tertiary/aromatic N) is 1. The quantitative estimate of drug-likeness (QED) is 0.285. The Morgan fingerprint density at radius 3 is 2.29 bits per heavy atom. The molecule has 1 atom stereocenters. The molecule has 5 nitrogen and oxygen atoms in total. The lowest BCUT2D eigenvalue weighted by molar-refractivity contribution is -0.115. The number of thioether (sulfide) groups is 1. The molecule has 0 spiro atoms. The first-order valence-corrected chi connectivity index (χ1v) is 12.3. The first-order chi connectivity index (χ1) is 16.4. The van der Waals surface area contributed by atoms with Crippen molar-refractivity contribution in [3.63, 3.8) is 0 Å². The molecule has 2 amide bonds. The fourth-order valence-corrected chi connectivity index (χ4v) is 4.66. The summed E-state index contributed by atoms with van der Waals surface area (Å²) in [6.07, 6.45) is 0. The zero-order chi connectivity index (χ0) is 24.1. The number of aryl methyl sites for hydroxylation is 1. The fourth-order valence-electron chi connectivity index (χ4n) is 3.07. The monoisotopic (exact) mass is 491 g/mol. The maximum Gasteiger partial charge on any atom is 0.255 e. The third-order valence-electron chi connectivity index (χ3n) is 4.98. The Hall–Kier alpha value is -3.49. The molecule has 0 aliphatic heterocycles. The number of thiazole rings is 1. The van der Waals surface area contributed by atoms with Crippen LogP contribution in [0.4, 0.5) is 15.2 Å². The lowest BCUT2D eigenvalue weighted by atomic mass is 10.1. The van der Waals surface area contributed by atoms with Crippen molar-refractivity contribution < 1.29 is 14.0 Å². The van der Waals surface area contributed by atoms with Gasteiger partial charge in [0.1, 0.15) is 5.82 Å².